The van der Waals surface area contributed by atoms with Gasteiger partial charge in [-0.3, -0.25) is 4.79 Å². The summed E-state index contributed by atoms with van der Waals surface area (Å²) < 4.78 is 10.7. The average molecular weight is 408 g/mol. The number of aryl methyl sites for hydroxylation is 1. The summed E-state index contributed by atoms with van der Waals surface area (Å²) in [5.74, 6) is 1.11. The van der Waals surface area contributed by atoms with Crippen LogP contribution in [0.15, 0.2) is 53.1 Å². The van der Waals surface area contributed by atoms with Gasteiger partial charge >= 0.3 is 6.03 Å². The number of oxazole rings is 1. The second-order valence-corrected chi connectivity index (χ2v) is 6.71. The van der Waals surface area contributed by atoms with Crippen molar-refractivity contribution in [2.24, 2.45) is 0 Å². The van der Waals surface area contributed by atoms with E-state index in [1.54, 1.807) is 25.5 Å². The third-order valence-electron chi connectivity index (χ3n) is 4.36. The van der Waals surface area contributed by atoms with Gasteiger partial charge in [-0.1, -0.05) is 6.07 Å². The number of amides is 3. The number of carbonyl (C=O) groups is 2. The molecule has 1 heterocycles. The molecule has 0 saturated heterocycles. The molecule has 0 radical (unpaired) electrons. The van der Waals surface area contributed by atoms with E-state index in [1.165, 1.54) is 6.92 Å². The first-order valence-corrected chi connectivity index (χ1v) is 9.46. The molecule has 8 nitrogen and oxygen atoms in total. The normalized spacial score (nSPS) is 10.4. The fraction of sp³-hybridized carbons (Fsp3) is 0.227. The third-order valence-corrected chi connectivity index (χ3v) is 4.36. The van der Waals surface area contributed by atoms with Gasteiger partial charge in [-0.2, -0.15) is 0 Å². The zero-order chi connectivity index (χ0) is 21.5. The maximum Gasteiger partial charge on any atom is 0.319 e. The number of ether oxygens (including phenoxy) is 1. The Balaban J connectivity index is 1.51. The largest absolute Gasteiger partial charge is 0.497 e. The Bertz CT molecular complexity index is 1030. The zero-order valence-electron chi connectivity index (χ0n) is 17.1. The maximum absolute atomic E-state index is 12.2. The molecule has 0 spiro atoms. The van der Waals surface area contributed by atoms with Crippen LogP contribution in [0.5, 0.6) is 5.75 Å². The lowest BCUT2D eigenvalue weighted by Crippen LogP contribution is -2.30. The van der Waals surface area contributed by atoms with E-state index in [1.807, 2.05) is 37.3 Å². The van der Waals surface area contributed by atoms with Crippen molar-refractivity contribution in [3.63, 3.8) is 0 Å². The van der Waals surface area contributed by atoms with Gasteiger partial charge in [-0.25, -0.2) is 9.78 Å². The Morgan fingerprint density at radius 1 is 1.10 bits per heavy atom. The number of anilines is 2. The van der Waals surface area contributed by atoms with Crippen LogP contribution in [0.4, 0.5) is 16.2 Å². The van der Waals surface area contributed by atoms with Crippen LogP contribution >= 0.6 is 0 Å². The summed E-state index contributed by atoms with van der Waals surface area (Å²) in [6.07, 6.45) is 2.11. The van der Waals surface area contributed by atoms with Crippen LogP contribution in [0.2, 0.25) is 0 Å². The molecule has 0 aliphatic rings. The Labute approximate surface area is 174 Å². The van der Waals surface area contributed by atoms with Crippen molar-refractivity contribution in [1.82, 2.24) is 10.3 Å². The predicted molar refractivity (Wildman–Crippen MR) is 115 cm³/mol. The second-order valence-electron chi connectivity index (χ2n) is 6.71. The van der Waals surface area contributed by atoms with Gasteiger partial charge in [-0.05, 0) is 48.9 Å². The number of benzene rings is 2. The molecule has 3 rings (SSSR count). The molecule has 8 heteroatoms. The summed E-state index contributed by atoms with van der Waals surface area (Å²) in [4.78, 5) is 27.9. The second kappa shape index (κ2) is 9.60. The molecule has 1 aromatic heterocycles. The summed E-state index contributed by atoms with van der Waals surface area (Å²) in [7, 11) is 1.61. The Kier molecular flexibility index (Phi) is 6.69. The first-order chi connectivity index (χ1) is 14.4. The van der Waals surface area contributed by atoms with Gasteiger partial charge in [0.15, 0.2) is 0 Å². The maximum atomic E-state index is 12.2. The minimum Gasteiger partial charge on any atom is -0.497 e. The molecule has 3 N–H and O–H groups in total. The highest BCUT2D eigenvalue weighted by atomic mass is 16.5. The van der Waals surface area contributed by atoms with Crippen molar-refractivity contribution < 1.29 is 18.7 Å². The van der Waals surface area contributed by atoms with Gasteiger partial charge in [0, 0.05) is 36.8 Å². The van der Waals surface area contributed by atoms with Crippen molar-refractivity contribution >= 4 is 23.3 Å². The van der Waals surface area contributed by atoms with Crippen LogP contribution in [-0.2, 0) is 11.2 Å². The van der Waals surface area contributed by atoms with Gasteiger partial charge < -0.3 is 25.1 Å². The minimum atomic E-state index is -0.336. The van der Waals surface area contributed by atoms with Crippen LogP contribution in [0.1, 0.15) is 18.2 Å². The molecule has 0 unspecified atom stereocenters. The van der Waals surface area contributed by atoms with E-state index in [9.17, 15) is 9.59 Å². The lowest BCUT2D eigenvalue weighted by molar-refractivity contribution is -0.114. The van der Waals surface area contributed by atoms with Crippen molar-refractivity contribution in [2.45, 2.75) is 20.3 Å². The van der Waals surface area contributed by atoms with E-state index in [0.717, 1.165) is 22.6 Å². The highest BCUT2D eigenvalue weighted by molar-refractivity contribution is 5.93. The van der Waals surface area contributed by atoms with Gasteiger partial charge in [0.2, 0.25) is 11.8 Å². The van der Waals surface area contributed by atoms with E-state index < -0.39 is 0 Å². The third kappa shape index (κ3) is 5.60. The molecule has 0 bridgehead atoms. The van der Waals surface area contributed by atoms with Gasteiger partial charge in [0.1, 0.15) is 12.0 Å². The van der Waals surface area contributed by atoms with E-state index in [2.05, 4.69) is 20.9 Å². The molecule has 3 aromatic rings. The lowest BCUT2D eigenvalue weighted by atomic mass is 10.2. The number of hydrogen-bond acceptors (Lipinski definition) is 5. The number of rotatable bonds is 7. The highest BCUT2D eigenvalue weighted by Crippen LogP contribution is 2.22. The fourth-order valence-electron chi connectivity index (χ4n) is 2.80. The van der Waals surface area contributed by atoms with E-state index in [0.29, 0.717) is 30.2 Å². The first-order valence-electron chi connectivity index (χ1n) is 9.46. The number of carbonyl (C=O) groups excluding carboxylic acids is 2. The molecule has 0 aliphatic carbocycles. The monoisotopic (exact) mass is 408 g/mol. The van der Waals surface area contributed by atoms with E-state index >= 15 is 0 Å². The molecule has 0 atom stereocenters. The summed E-state index contributed by atoms with van der Waals surface area (Å²) >= 11 is 0. The van der Waals surface area contributed by atoms with Crippen molar-refractivity contribution in [3.8, 4) is 17.2 Å². The number of methoxy groups -OCH3 is 1. The first kappa shape index (κ1) is 20.9. The number of nitrogens with one attached hydrogen (secondary N) is 3. The molecule has 0 fully saturated rings. The quantitative estimate of drug-likeness (QED) is 0.548. The summed E-state index contributed by atoms with van der Waals surface area (Å²) in [5.41, 5.74) is 3.73. The van der Waals surface area contributed by atoms with Crippen LogP contribution in [0, 0.1) is 6.92 Å². The molecular weight excluding hydrogens is 384 g/mol. The predicted octanol–water partition coefficient (Wildman–Crippen LogP) is 3.98. The smallest absolute Gasteiger partial charge is 0.319 e. The molecular formula is C22H24N4O4. The Morgan fingerprint density at radius 2 is 1.87 bits per heavy atom. The number of urea groups is 1. The van der Waals surface area contributed by atoms with Crippen LogP contribution in [-0.4, -0.2) is 30.6 Å². The van der Waals surface area contributed by atoms with Crippen molar-refractivity contribution in [3.05, 3.63) is 60.0 Å². The van der Waals surface area contributed by atoms with Gasteiger partial charge in [-0.15, -0.1) is 0 Å². The van der Waals surface area contributed by atoms with Gasteiger partial charge in [0.25, 0.3) is 0 Å². The van der Waals surface area contributed by atoms with Crippen molar-refractivity contribution in [1.29, 1.82) is 0 Å². The lowest BCUT2D eigenvalue weighted by Gasteiger charge is -2.11. The van der Waals surface area contributed by atoms with Crippen LogP contribution < -0.4 is 20.7 Å². The van der Waals surface area contributed by atoms with Crippen molar-refractivity contribution in [2.75, 3.05) is 24.3 Å². The van der Waals surface area contributed by atoms with Crippen LogP contribution in [0.3, 0.4) is 0 Å². The number of nitrogens with zero attached hydrogens (tertiary/aromatic N) is 1. The summed E-state index contributed by atoms with van der Waals surface area (Å²) in [5, 5.41) is 8.29. The molecule has 156 valence electrons. The number of hydrogen-bond donors (Lipinski definition) is 3. The molecule has 2 aromatic carbocycles. The molecule has 0 saturated carbocycles. The van der Waals surface area contributed by atoms with E-state index in [4.69, 9.17) is 9.15 Å². The standard InChI is InChI=1S/C22H24N4O4/c1-14-4-7-17(24-15(2)27)12-20(14)26-22(28)23-11-10-18-13-30-21(25-18)16-5-8-19(29-3)9-6-16/h4-9,12-13H,10-11H2,1-3H3,(H,24,27)(H2,23,26,28). The van der Waals surface area contributed by atoms with E-state index in [-0.39, 0.29) is 11.9 Å². The zero-order valence-corrected chi connectivity index (χ0v) is 17.1. The molecule has 30 heavy (non-hydrogen) atoms. The molecule has 0 aliphatic heterocycles. The summed E-state index contributed by atoms with van der Waals surface area (Å²) in [6.45, 7) is 3.71. The average Bonchev–Trinajstić information content (AvgIpc) is 3.19. The minimum absolute atomic E-state index is 0.170. The molecule has 3 amide bonds. The summed E-state index contributed by atoms with van der Waals surface area (Å²) in [6, 6.07) is 12.4. The Morgan fingerprint density at radius 3 is 2.57 bits per heavy atom. The SMILES string of the molecule is COc1ccc(-c2nc(CCNC(=O)Nc3cc(NC(C)=O)ccc3C)co2)cc1. The number of aromatic nitrogens is 1. The van der Waals surface area contributed by atoms with Crippen LogP contribution in [0.25, 0.3) is 11.5 Å². The fourth-order valence-corrected chi connectivity index (χ4v) is 2.80. The van der Waals surface area contributed by atoms with Gasteiger partial charge in [0.05, 0.1) is 12.8 Å². The topological polar surface area (TPSA) is 105 Å². The Hall–Kier alpha value is -3.81. The highest BCUT2D eigenvalue weighted by Gasteiger charge is 2.09.